The summed E-state index contributed by atoms with van der Waals surface area (Å²) in [5.41, 5.74) is 5.68. The predicted molar refractivity (Wildman–Crippen MR) is 85.7 cm³/mol. The van der Waals surface area contributed by atoms with Crippen molar-refractivity contribution >= 4 is 46.2 Å². The number of rotatable bonds is 6. The molecule has 1 aromatic heterocycles. The summed E-state index contributed by atoms with van der Waals surface area (Å²) in [6.07, 6.45) is 0. The number of Topliss-reactive ketones (excluding diaryl/α,β-unsaturated/α-hetero) is 1. The third kappa shape index (κ3) is 3.52. The SMILES string of the molecule is COc1cccc(C(N)=O)c1OCC(=O)c1cc(Cl)sc1Cl. The van der Waals surface area contributed by atoms with Gasteiger partial charge in [0.25, 0.3) is 5.91 Å². The molecule has 22 heavy (non-hydrogen) atoms. The van der Waals surface area contributed by atoms with Crippen molar-refractivity contribution in [3.8, 4) is 11.5 Å². The van der Waals surface area contributed by atoms with Crippen LogP contribution in [0, 0.1) is 0 Å². The third-order valence-corrected chi connectivity index (χ3v) is 4.26. The van der Waals surface area contributed by atoms with Crippen LogP contribution in [0.3, 0.4) is 0 Å². The van der Waals surface area contributed by atoms with Gasteiger partial charge in [-0.1, -0.05) is 29.3 Å². The van der Waals surface area contributed by atoms with Crippen LogP contribution in [0.2, 0.25) is 8.67 Å². The van der Waals surface area contributed by atoms with Crippen molar-refractivity contribution in [2.75, 3.05) is 13.7 Å². The molecule has 0 aliphatic carbocycles. The Kier molecular flexibility index (Phi) is 5.28. The van der Waals surface area contributed by atoms with E-state index in [0.717, 1.165) is 11.3 Å². The number of para-hydroxylation sites is 1. The van der Waals surface area contributed by atoms with E-state index in [1.54, 1.807) is 12.1 Å². The monoisotopic (exact) mass is 359 g/mol. The molecule has 0 spiro atoms. The number of methoxy groups -OCH3 is 1. The number of ether oxygens (including phenoxy) is 2. The zero-order chi connectivity index (χ0) is 16.3. The van der Waals surface area contributed by atoms with Crippen molar-refractivity contribution in [2.24, 2.45) is 5.73 Å². The van der Waals surface area contributed by atoms with Crippen LogP contribution in [0.25, 0.3) is 0 Å². The molecule has 0 fully saturated rings. The van der Waals surface area contributed by atoms with E-state index in [4.69, 9.17) is 38.4 Å². The zero-order valence-electron chi connectivity index (χ0n) is 11.4. The Morgan fingerprint density at radius 3 is 2.55 bits per heavy atom. The molecule has 1 aromatic carbocycles. The van der Waals surface area contributed by atoms with E-state index in [2.05, 4.69) is 0 Å². The Labute approximate surface area is 140 Å². The first-order chi connectivity index (χ1) is 10.4. The maximum absolute atomic E-state index is 12.1. The first kappa shape index (κ1) is 16.6. The maximum Gasteiger partial charge on any atom is 0.252 e. The number of benzene rings is 1. The number of hydrogen-bond donors (Lipinski definition) is 1. The molecule has 2 rings (SSSR count). The molecule has 0 unspecified atom stereocenters. The number of carbonyl (C=O) groups is 2. The predicted octanol–water partition coefficient (Wildman–Crippen LogP) is 3.42. The van der Waals surface area contributed by atoms with E-state index in [1.807, 2.05) is 0 Å². The number of halogens is 2. The summed E-state index contributed by atoms with van der Waals surface area (Å²) in [5.74, 6) is -0.630. The fourth-order valence-corrected chi connectivity index (χ4v) is 3.26. The van der Waals surface area contributed by atoms with Crippen molar-refractivity contribution in [3.05, 3.63) is 44.1 Å². The molecule has 5 nitrogen and oxygen atoms in total. The van der Waals surface area contributed by atoms with Gasteiger partial charge >= 0.3 is 0 Å². The van der Waals surface area contributed by atoms with E-state index >= 15 is 0 Å². The van der Waals surface area contributed by atoms with E-state index < -0.39 is 5.91 Å². The molecule has 0 aliphatic rings. The number of nitrogens with two attached hydrogens (primary N) is 1. The fourth-order valence-electron chi connectivity index (χ4n) is 1.77. The molecule has 2 N–H and O–H groups in total. The summed E-state index contributed by atoms with van der Waals surface area (Å²) < 4.78 is 11.2. The van der Waals surface area contributed by atoms with Gasteiger partial charge in [0, 0.05) is 0 Å². The van der Waals surface area contributed by atoms with Crippen LogP contribution in [-0.2, 0) is 0 Å². The first-order valence-corrected chi connectivity index (χ1v) is 7.59. The van der Waals surface area contributed by atoms with Crippen molar-refractivity contribution in [2.45, 2.75) is 0 Å². The van der Waals surface area contributed by atoms with Gasteiger partial charge in [-0.3, -0.25) is 9.59 Å². The minimum Gasteiger partial charge on any atom is -0.493 e. The molecule has 1 amide bonds. The third-order valence-electron chi connectivity index (χ3n) is 2.77. The highest BCUT2D eigenvalue weighted by Crippen LogP contribution is 2.33. The van der Waals surface area contributed by atoms with Gasteiger partial charge < -0.3 is 15.2 Å². The highest BCUT2D eigenvalue weighted by molar-refractivity contribution is 7.20. The standard InChI is InChI=1S/C14H11Cl2NO4S/c1-20-10-4-2-3-7(14(17)19)12(10)21-6-9(18)8-5-11(15)22-13(8)16/h2-5H,6H2,1H3,(H2,17,19). The van der Waals surface area contributed by atoms with Gasteiger partial charge in [0.1, 0.15) is 4.34 Å². The topological polar surface area (TPSA) is 78.6 Å². The van der Waals surface area contributed by atoms with Crippen LogP contribution in [0.4, 0.5) is 0 Å². The molecule has 2 aromatic rings. The molecule has 0 saturated heterocycles. The molecule has 0 atom stereocenters. The number of hydrogen-bond acceptors (Lipinski definition) is 5. The second kappa shape index (κ2) is 7.00. The second-order valence-electron chi connectivity index (χ2n) is 4.15. The van der Waals surface area contributed by atoms with Crippen LogP contribution in [0.5, 0.6) is 11.5 Å². The average molecular weight is 360 g/mol. The first-order valence-electron chi connectivity index (χ1n) is 6.01. The normalized spacial score (nSPS) is 10.3. The lowest BCUT2D eigenvalue weighted by Crippen LogP contribution is -2.17. The molecule has 0 radical (unpaired) electrons. The number of ketones is 1. The second-order valence-corrected chi connectivity index (χ2v) is 6.44. The Balaban J connectivity index is 2.23. The maximum atomic E-state index is 12.1. The number of amides is 1. The molecular formula is C14H11Cl2NO4S. The Morgan fingerprint density at radius 2 is 2.00 bits per heavy atom. The van der Waals surface area contributed by atoms with Crippen molar-refractivity contribution < 1.29 is 19.1 Å². The van der Waals surface area contributed by atoms with Gasteiger partial charge in [-0.2, -0.15) is 0 Å². The van der Waals surface area contributed by atoms with Gasteiger partial charge in [0.2, 0.25) is 5.78 Å². The summed E-state index contributed by atoms with van der Waals surface area (Å²) in [4.78, 5) is 23.5. The van der Waals surface area contributed by atoms with Gasteiger partial charge in [-0.05, 0) is 18.2 Å². The summed E-state index contributed by atoms with van der Waals surface area (Å²) >= 11 is 12.8. The summed E-state index contributed by atoms with van der Waals surface area (Å²) in [6, 6.07) is 6.15. The van der Waals surface area contributed by atoms with Crippen LogP contribution in [0.1, 0.15) is 20.7 Å². The number of thiophene rings is 1. The molecule has 1 heterocycles. The van der Waals surface area contributed by atoms with Gasteiger partial charge in [-0.25, -0.2) is 0 Å². The Bertz CT molecular complexity index is 730. The quantitative estimate of drug-likeness (QED) is 0.801. The van der Waals surface area contributed by atoms with E-state index in [0.29, 0.717) is 10.1 Å². The summed E-state index contributed by atoms with van der Waals surface area (Å²) in [5, 5.41) is 0. The minimum absolute atomic E-state index is 0.114. The van der Waals surface area contributed by atoms with Crippen molar-refractivity contribution in [1.82, 2.24) is 0 Å². The zero-order valence-corrected chi connectivity index (χ0v) is 13.7. The number of carbonyl (C=O) groups excluding carboxylic acids is 2. The van der Waals surface area contributed by atoms with Gasteiger partial charge in [-0.15, -0.1) is 11.3 Å². The lowest BCUT2D eigenvalue weighted by molar-refractivity contribution is 0.0910. The lowest BCUT2D eigenvalue weighted by atomic mass is 10.1. The summed E-state index contributed by atoms with van der Waals surface area (Å²) in [7, 11) is 1.42. The molecular weight excluding hydrogens is 349 g/mol. The highest BCUT2D eigenvalue weighted by Gasteiger charge is 2.19. The highest BCUT2D eigenvalue weighted by atomic mass is 35.5. The Morgan fingerprint density at radius 1 is 1.27 bits per heavy atom. The number of primary amides is 1. The van der Waals surface area contributed by atoms with Crippen LogP contribution in [0.15, 0.2) is 24.3 Å². The lowest BCUT2D eigenvalue weighted by Gasteiger charge is -2.12. The van der Waals surface area contributed by atoms with E-state index in [9.17, 15) is 9.59 Å². The van der Waals surface area contributed by atoms with Crippen molar-refractivity contribution in [1.29, 1.82) is 0 Å². The molecule has 8 heteroatoms. The molecule has 0 saturated carbocycles. The molecule has 116 valence electrons. The fraction of sp³-hybridized carbons (Fsp3) is 0.143. The van der Waals surface area contributed by atoms with Crippen LogP contribution in [-0.4, -0.2) is 25.4 Å². The summed E-state index contributed by atoms with van der Waals surface area (Å²) in [6.45, 7) is -0.326. The largest absolute Gasteiger partial charge is 0.493 e. The van der Waals surface area contributed by atoms with Crippen LogP contribution < -0.4 is 15.2 Å². The average Bonchev–Trinajstić information content (AvgIpc) is 2.82. The molecule has 0 aliphatic heterocycles. The van der Waals surface area contributed by atoms with Gasteiger partial charge in [0.05, 0.1) is 22.6 Å². The Hall–Kier alpha value is -1.76. The van der Waals surface area contributed by atoms with Crippen LogP contribution >= 0.6 is 34.5 Å². The van der Waals surface area contributed by atoms with Gasteiger partial charge in [0.15, 0.2) is 18.1 Å². The molecule has 0 bridgehead atoms. The van der Waals surface area contributed by atoms with E-state index in [-0.39, 0.29) is 33.6 Å². The minimum atomic E-state index is -0.682. The van der Waals surface area contributed by atoms with E-state index in [1.165, 1.54) is 19.2 Å². The smallest absolute Gasteiger partial charge is 0.252 e. The van der Waals surface area contributed by atoms with Crippen molar-refractivity contribution in [3.63, 3.8) is 0 Å².